The van der Waals surface area contributed by atoms with E-state index in [1.807, 2.05) is 0 Å². The van der Waals surface area contributed by atoms with Gasteiger partial charge in [-0.15, -0.1) is 0 Å². The van der Waals surface area contributed by atoms with Crippen molar-refractivity contribution in [3.05, 3.63) is 119 Å². The number of rotatable bonds is 5. The Bertz CT molecular complexity index is 1430. The second-order valence-corrected chi connectivity index (χ2v) is 8.93. The first kappa shape index (κ1) is 19.2. The number of hydrogen-bond acceptors (Lipinski definition) is 3. The fourth-order valence-electron chi connectivity index (χ4n) is 4.69. The molecule has 2 aliphatic rings. The molecule has 0 aliphatic heterocycles. The van der Waals surface area contributed by atoms with Crippen LogP contribution in [-0.2, 0) is 0 Å². The lowest BCUT2D eigenvalue weighted by molar-refractivity contribution is 1.39. The predicted molar refractivity (Wildman–Crippen MR) is 138 cm³/mol. The van der Waals surface area contributed by atoms with Crippen molar-refractivity contribution < 1.29 is 0 Å². The third-order valence-corrected chi connectivity index (χ3v) is 6.86. The molecular formula is C28H21BN2S. The van der Waals surface area contributed by atoms with Crippen LogP contribution in [0.4, 0.5) is 0 Å². The number of nitrogens with zero attached hydrogens (tertiary/aromatic N) is 2. The Kier molecular flexibility index (Phi) is 4.93. The minimum Gasteiger partial charge on any atom is -0.172 e. The van der Waals surface area contributed by atoms with Crippen LogP contribution in [0.3, 0.4) is 0 Å². The second kappa shape index (κ2) is 8.21. The zero-order chi connectivity index (χ0) is 21.3. The molecule has 0 bridgehead atoms. The summed E-state index contributed by atoms with van der Waals surface area (Å²) >= 11 is 1.31. The third kappa shape index (κ3) is 3.57. The maximum absolute atomic E-state index is 4.70. The van der Waals surface area contributed by atoms with Crippen molar-refractivity contribution in [3.8, 4) is 0 Å². The molecule has 2 aliphatic carbocycles. The average Bonchev–Trinajstić information content (AvgIpc) is 3.61. The van der Waals surface area contributed by atoms with Gasteiger partial charge in [-0.05, 0) is 35.1 Å². The molecule has 0 fully saturated rings. The van der Waals surface area contributed by atoms with Gasteiger partial charge < -0.3 is 0 Å². The summed E-state index contributed by atoms with van der Waals surface area (Å²) in [6, 6.07) is 25.8. The second-order valence-electron chi connectivity index (χ2n) is 8.40. The van der Waals surface area contributed by atoms with Crippen molar-refractivity contribution in [1.82, 2.24) is 8.75 Å². The first-order valence-corrected chi connectivity index (χ1v) is 11.7. The van der Waals surface area contributed by atoms with Crippen LogP contribution in [0.15, 0.2) is 103 Å². The maximum Gasteiger partial charge on any atom is 0.187 e. The van der Waals surface area contributed by atoms with Crippen molar-refractivity contribution in [2.45, 2.75) is 12.8 Å². The van der Waals surface area contributed by atoms with E-state index in [2.05, 4.69) is 97.1 Å². The first-order chi connectivity index (χ1) is 15.8. The monoisotopic (exact) mass is 428 g/mol. The van der Waals surface area contributed by atoms with Crippen LogP contribution in [-0.4, -0.2) is 16.0 Å². The van der Waals surface area contributed by atoms with E-state index in [9.17, 15) is 0 Å². The van der Waals surface area contributed by atoms with Crippen molar-refractivity contribution in [3.63, 3.8) is 0 Å². The molecule has 0 unspecified atom stereocenters. The highest BCUT2D eigenvalue weighted by Crippen LogP contribution is 2.39. The number of hydrogen-bond donors (Lipinski definition) is 0. The Morgan fingerprint density at radius 3 is 1.91 bits per heavy atom. The third-order valence-electron chi connectivity index (χ3n) is 6.33. The van der Waals surface area contributed by atoms with E-state index in [-0.39, 0.29) is 0 Å². The number of aromatic nitrogens is 2. The van der Waals surface area contributed by atoms with Crippen molar-refractivity contribution in [1.29, 1.82) is 0 Å². The minimum atomic E-state index is 0.932. The molecule has 0 saturated carbocycles. The molecule has 1 heterocycles. The van der Waals surface area contributed by atoms with Gasteiger partial charge in [0.1, 0.15) is 11.0 Å². The number of fused-ring (bicyclic) bond motifs is 1. The van der Waals surface area contributed by atoms with E-state index < -0.39 is 0 Å². The average molecular weight is 428 g/mol. The van der Waals surface area contributed by atoms with Gasteiger partial charge >= 0.3 is 0 Å². The smallest absolute Gasteiger partial charge is 0.172 e. The van der Waals surface area contributed by atoms with E-state index in [1.165, 1.54) is 56.1 Å². The van der Waals surface area contributed by atoms with Gasteiger partial charge in [0.2, 0.25) is 0 Å². The van der Waals surface area contributed by atoms with E-state index in [0.29, 0.717) is 0 Å². The van der Waals surface area contributed by atoms with E-state index >= 15 is 0 Å². The fraction of sp³-hybridized carbons (Fsp3) is 0.0714. The van der Waals surface area contributed by atoms with Crippen LogP contribution in [0.1, 0.15) is 29.5 Å². The normalized spacial score (nSPS) is 15.4. The molecule has 6 rings (SSSR count). The summed E-state index contributed by atoms with van der Waals surface area (Å²) in [6.45, 7) is 0. The zero-order valence-corrected chi connectivity index (χ0v) is 18.5. The lowest BCUT2D eigenvalue weighted by atomic mass is 9.62. The van der Waals surface area contributed by atoms with Crippen LogP contribution in [0.25, 0.3) is 27.8 Å². The Labute approximate surface area is 192 Å². The Balaban J connectivity index is 1.24. The van der Waals surface area contributed by atoms with Gasteiger partial charge in [0, 0.05) is 11.1 Å². The molecule has 0 atom stereocenters. The summed E-state index contributed by atoms with van der Waals surface area (Å²) < 4.78 is 9.41. The topological polar surface area (TPSA) is 25.8 Å². The Hall–Kier alpha value is -3.50. The van der Waals surface area contributed by atoms with Gasteiger partial charge in [0.15, 0.2) is 7.28 Å². The Morgan fingerprint density at radius 2 is 1.19 bits per heavy atom. The maximum atomic E-state index is 4.70. The fourth-order valence-corrected chi connectivity index (χ4v) is 5.26. The van der Waals surface area contributed by atoms with Gasteiger partial charge in [-0.1, -0.05) is 108 Å². The SMILES string of the molecule is B(C1=CC=C(c2ccc(C3=CC=C(c4ccccc4)C3)c3nsnc23)C1)c1ccccc1. The highest BCUT2D eigenvalue weighted by atomic mass is 32.1. The standard InChI is InChI=1S/C28H21BN2S/c1-3-7-19(8-4-1)20-11-12-21(17-20)25-15-16-26(28-27(25)30-32-31-28)22-13-14-24(18-22)29-23-9-5-2-6-10-23/h1-16,29H,17-18H2. The van der Waals surface area contributed by atoms with Gasteiger partial charge in [-0.2, -0.15) is 8.75 Å². The van der Waals surface area contributed by atoms with Crippen LogP contribution in [0.5, 0.6) is 0 Å². The summed E-state index contributed by atoms with van der Waals surface area (Å²) in [5.41, 5.74) is 12.6. The van der Waals surface area contributed by atoms with Gasteiger partial charge in [0.25, 0.3) is 0 Å². The first-order valence-electron chi connectivity index (χ1n) is 11.0. The molecule has 0 amide bonds. The highest BCUT2D eigenvalue weighted by molar-refractivity contribution is 7.00. The predicted octanol–water partition coefficient (Wildman–Crippen LogP) is 6.00. The summed E-state index contributed by atoms with van der Waals surface area (Å²) in [5.74, 6) is 0. The minimum absolute atomic E-state index is 0.932. The van der Waals surface area contributed by atoms with Crippen molar-refractivity contribution in [2.75, 3.05) is 0 Å². The molecule has 0 spiro atoms. The highest BCUT2D eigenvalue weighted by Gasteiger charge is 2.20. The van der Waals surface area contributed by atoms with Crippen molar-refractivity contribution in [2.24, 2.45) is 0 Å². The van der Waals surface area contributed by atoms with Crippen molar-refractivity contribution >= 4 is 52.2 Å². The largest absolute Gasteiger partial charge is 0.187 e. The van der Waals surface area contributed by atoms with E-state index in [0.717, 1.165) is 31.2 Å². The van der Waals surface area contributed by atoms with E-state index in [4.69, 9.17) is 8.75 Å². The molecule has 4 aromatic rings. The lowest BCUT2D eigenvalue weighted by Crippen LogP contribution is -2.15. The van der Waals surface area contributed by atoms with Gasteiger partial charge in [-0.25, -0.2) is 0 Å². The van der Waals surface area contributed by atoms with Crippen LogP contribution < -0.4 is 5.46 Å². The molecule has 0 N–H and O–H groups in total. The quantitative estimate of drug-likeness (QED) is 0.365. The zero-order valence-electron chi connectivity index (χ0n) is 17.7. The summed E-state index contributed by atoms with van der Waals surface area (Å²) in [4.78, 5) is 0. The van der Waals surface area contributed by atoms with Crippen LogP contribution in [0.2, 0.25) is 0 Å². The van der Waals surface area contributed by atoms with Crippen LogP contribution in [0, 0.1) is 0 Å². The summed E-state index contributed by atoms with van der Waals surface area (Å²) in [6.07, 6.45) is 10.9. The molecule has 32 heavy (non-hydrogen) atoms. The Morgan fingerprint density at radius 1 is 0.594 bits per heavy atom. The van der Waals surface area contributed by atoms with Gasteiger partial charge in [-0.3, -0.25) is 0 Å². The molecule has 2 nitrogen and oxygen atoms in total. The molecule has 3 aromatic carbocycles. The number of allylic oxidation sites excluding steroid dienone is 8. The molecule has 0 saturated heterocycles. The molecule has 152 valence electrons. The molecular weight excluding hydrogens is 407 g/mol. The molecule has 0 radical (unpaired) electrons. The van der Waals surface area contributed by atoms with Crippen LogP contribution >= 0.6 is 11.7 Å². The number of benzene rings is 3. The molecule has 4 heteroatoms. The van der Waals surface area contributed by atoms with Gasteiger partial charge in [0.05, 0.1) is 11.7 Å². The molecule has 1 aromatic heterocycles. The van der Waals surface area contributed by atoms with E-state index in [1.54, 1.807) is 0 Å². The summed E-state index contributed by atoms with van der Waals surface area (Å²) in [5, 5.41) is 0. The summed E-state index contributed by atoms with van der Waals surface area (Å²) in [7, 11) is 0.998. The lowest BCUT2D eigenvalue weighted by Gasteiger charge is -2.10.